The van der Waals surface area contributed by atoms with E-state index in [1.54, 1.807) is 0 Å². The lowest BCUT2D eigenvalue weighted by atomic mass is 10.4. The van der Waals surface area contributed by atoms with E-state index in [0.717, 1.165) is 0 Å². The minimum Gasteiger partial charge on any atom is -0.162 e. The van der Waals surface area contributed by atoms with Crippen LogP contribution < -0.4 is 10.4 Å². The molecule has 0 saturated heterocycles. The molecule has 78 valence electrons. The highest BCUT2D eigenvalue weighted by atomic mass is 35.6. The lowest BCUT2D eigenvalue weighted by molar-refractivity contribution is 1.75. The molecule has 0 amide bonds. The summed E-state index contributed by atoms with van der Waals surface area (Å²) in [5, 5.41) is 2.55. The van der Waals surface area contributed by atoms with E-state index in [0.29, 0.717) is 0 Å². The molecule has 4 heteroatoms. The highest BCUT2D eigenvalue weighted by molar-refractivity contribution is 7.27. The Bertz CT molecular complexity index is 294. The van der Waals surface area contributed by atoms with E-state index in [1.807, 2.05) is 0 Å². The summed E-state index contributed by atoms with van der Waals surface area (Å²) in [6, 6.07) is 8.48. The van der Waals surface area contributed by atoms with Crippen LogP contribution >= 0.6 is 22.2 Å². The Balaban J connectivity index is 3.15. The molecule has 0 unspecified atom stereocenters. The molecule has 14 heavy (non-hydrogen) atoms. The van der Waals surface area contributed by atoms with Crippen molar-refractivity contribution in [3.63, 3.8) is 0 Å². The van der Waals surface area contributed by atoms with Gasteiger partial charge in [-0.2, -0.15) is 22.2 Å². The van der Waals surface area contributed by atoms with Crippen molar-refractivity contribution in [2.45, 2.75) is 26.2 Å². The van der Waals surface area contributed by atoms with Gasteiger partial charge in [-0.1, -0.05) is 50.5 Å². The van der Waals surface area contributed by atoms with Gasteiger partial charge >= 0.3 is 0 Å². The Morgan fingerprint density at radius 2 is 1.21 bits per heavy atom. The molecule has 0 spiro atoms. The summed E-state index contributed by atoms with van der Waals surface area (Å²) in [5.74, 6) is 0. The largest absolute Gasteiger partial charge is 0.180 e. The number of hydrogen-bond acceptors (Lipinski definition) is 0. The van der Waals surface area contributed by atoms with E-state index in [9.17, 15) is 0 Å². The lowest BCUT2D eigenvalue weighted by Crippen LogP contribution is -2.42. The van der Waals surface area contributed by atoms with Crippen molar-refractivity contribution in [1.82, 2.24) is 0 Å². The predicted octanol–water partition coefficient (Wildman–Crippen LogP) is 2.99. The van der Waals surface area contributed by atoms with Gasteiger partial charge in [-0.3, -0.25) is 0 Å². The van der Waals surface area contributed by atoms with E-state index in [1.165, 1.54) is 10.4 Å². The summed E-state index contributed by atoms with van der Waals surface area (Å²) >= 11 is 12.8. The summed E-state index contributed by atoms with van der Waals surface area (Å²) in [7, 11) is -3.42. The third kappa shape index (κ3) is 3.12. The molecule has 0 nitrogen and oxygen atoms in total. The van der Waals surface area contributed by atoms with Crippen LogP contribution in [0.25, 0.3) is 0 Å². The summed E-state index contributed by atoms with van der Waals surface area (Å²) in [5.41, 5.74) is 0. The average molecular weight is 263 g/mol. The topological polar surface area (TPSA) is 0 Å². The average Bonchev–Trinajstić information content (AvgIpc) is 2.01. The molecular formula is C10H16Cl2Si2. The van der Waals surface area contributed by atoms with E-state index < -0.39 is 14.8 Å². The standard InChI is InChI=1S/C10H16Cl2Si2/c1-13(2,11)9-6-5-7-10(8-9)14(3,4)12/h5-8H,1-4H3. The van der Waals surface area contributed by atoms with Gasteiger partial charge in [0.25, 0.3) is 0 Å². The molecule has 1 aromatic carbocycles. The van der Waals surface area contributed by atoms with E-state index >= 15 is 0 Å². The summed E-state index contributed by atoms with van der Waals surface area (Å²) in [4.78, 5) is 0. The zero-order valence-corrected chi connectivity index (χ0v) is 12.6. The Labute approximate surface area is 97.7 Å². The number of benzene rings is 1. The SMILES string of the molecule is C[Si](C)(Cl)c1cccc([Si](C)(C)Cl)c1. The van der Waals surface area contributed by atoms with Gasteiger partial charge in [0, 0.05) is 0 Å². The van der Waals surface area contributed by atoms with Gasteiger partial charge in [0.1, 0.15) is 0 Å². The van der Waals surface area contributed by atoms with Crippen molar-refractivity contribution in [1.29, 1.82) is 0 Å². The summed E-state index contributed by atoms with van der Waals surface area (Å²) < 4.78 is 0. The third-order valence-corrected chi connectivity index (χ3v) is 6.91. The second-order valence-corrected chi connectivity index (χ2v) is 17.2. The Morgan fingerprint density at radius 3 is 1.50 bits per heavy atom. The first-order chi connectivity index (χ1) is 6.21. The molecule has 0 radical (unpaired) electrons. The quantitative estimate of drug-likeness (QED) is 0.568. The van der Waals surface area contributed by atoms with E-state index in [4.69, 9.17) is 22.2 Å². The maximum atomic E-state index is 6.39. The molecule has 1 rings (SSSR count). The molecular weight excluding hydrogens is 247 g/mol. The molecule has 1 aromatic rings. The van der Waals surface area contributed by atoms with Crippen molar-refractivity contribution in [3.8, 4) is 0 Å². The fourth-order valence-corrected chi connectivity index (χ4v) is 4.09. The Hall–Kier alpha value is 0.234. The molecule has 0 saturated carbocycles. The number of hydrogen-bond donors (Lipinski definition) is 0. The van der Waals surface area contributed by atoms with Gasteiger partial charge in [0.2, 0.25) is 0 Å². The number of halogens is 2. The van der Waals surface area contributed by atoms with Crippen molar-refractivity contribution in [2.75, 3.05) is 0 Å². The monoisotopic (exact) mass is 262 g/mol. The van der Waals surface area contributed by atoms with Crippen LogP contribution in [0.1, 0.15) is 0 Å². The minimum atomic E-state index is -1.71. The first kappa shape index (κ1) is 12.3. The predicted molar refractivity (Wildman–Crippen MR) is 72.4 cm³/mol. The first-order valence-electron chi connectivity index (χ1n) is 4.70. The van der Waals surface area contributed by atoms with Gasteiger partial charge in [-0.05, 0) is 10.4 Å². The Morgan fingerprint density at radius 1 is 0.857 bits per heavy atom. The van der Waals surface area contributed by atoms with E-state index in [-0.39, 0.29) is 0 Å². The maximum absolute atomic E-state index is 6.39. The van der Waals surface area contributed by atoms with Crippen LogP contribution in [-0.4, -0.2) is 14.8 Å². The molecule has 0 fully saturated rings. The molecule has 0 aromatic heterocycles. The van der Waals surface area contributed by atoms with Crippen LogP contribution in [0.3, 0.4) is 0 Å². The lowest BCUT2D eigenvalue weighted by Gasteiger charge is -2.18. The van der Waals surface area contributed by atoms with Gasteiger partial charge in [-0.15, -0.1) is 0 Å². The molecule has 0 atom stereocenters. The maximum Gasteiger partial charge on any atom is 0.180 e. The van der Waals surface area contributed by atoms with Crippen molar-refractivity contribution < 1.29 is 0 Å². The minimum absolute atomic E-state index is 1.28. The molecule has 0 heterocycles. The van der Waals surface area contributed by atoms with Crippen molar-refractivity contribution in [3.05, 3.63) is 24.3 Å². The van der Waals surface area contributed by atoms with Crippen LogP contribution in [0, 0.1) is 0 Å². The van der Waals surface area contributed by atoms with Crippen LogP contribution in [-0.2, 0) is 0 Å². The third-order valence-electron chi connectivity index (χ3n) is 2.24. The highest BCUT2D eigenvalue weighted by Gasteiger charge is 2.24. The van der Waals surface area contributed by atoms with E-state index in [2.05, 4.69) is 50.5 Å². The smallest absolute Gasteiger partial charge is 0.162 e. The fourth-order valence-electron chi connectivity index (χ4n) is 1.26. The Kier molecular flexibility index (Phi) is 3.52. The molecule has 0 aliphatic heterocycles. The fraction of sp³-hybridized carbons (Fsp3) is 0.400. The van der Waals surface area contributed by atoms with Gasteiger partial charge in [-0.25, -0.2) is 0 Å². The van der Waals surface area contributed by atoms with Crippen LogP contribution in [0.2, 0.25) is 26.2 Å². The van der Waals surface area contributed by atoms with Crippen LogP contribution in [0.5, 0.6) is 0 Å². The van der Waals surface area contributed by atoms with Crippen LogP contribution in [0.4, 0.5) is 0 Å². The zero-order valence-electron chi connectivity index (χ0n) is 9.07. The summed E-state index contributed by atoms with van der Waals surface area (Å²) in [6.07, 6.45) is 0. The second-order valence-electron chi connectivity index (χ2n) is 4.53. The normalized spacial score (nSPS) is 13.0. The van der Waals surface area contributed by atoms with Crippen molar-refractivity contribution >= 4 is 47.3 Å². The number of rotatable bonds is 2. The van der Waals surface area contributed by atoms with Gasteiger partial charge in [0.15, 0.2) is 14.8 Å². The molecule has 0 aliphatic carbocycles. The molecule has 0 bridgehead atoms. The van der Waals surface area contributed by atoms with Gasteiger partial charge < -0.3 is 0 Å². The molecule has 0 aliphatic rings. The summed E-state index contributed by atoms with van der Waals surface area (Å²) in [6.45, 7) is 8.54. The second kappa shape index (κ2) is 4.01. The van der Waals surface area contributed by atoms with Crippen LogP contribution in [0.15, 0.2) is 24.3 Å². The molecule has 0 N–H and O–H groups in total. The highest BCUT2D eigenvalue weighted by Crippen LogP contribution is 2.11. The van der Waals surface area contributed by atoms with Gasteiger partial charge in [0.05, 0.1) is 0 Å². The first-order valence-corrected chi connectivity index (χ1v) is 12.7. The zero-order chi connectivity index (χ0) is 11.0. The van der Waals surface area contributed by atoms with Crippen molar-refractivity contribution in [2.24, 2.45) is 0 Å².